The molecule has 0 saturated carbocycles. The number of hydrogen-bond donors (Lipinski definition) is 1. The zero-order valence-electron chi connectivity index (χ0n) is 15.0. The first-order valence-electron chi connectivity index (χ1n) is 9.75. The Balaban J connectivity index is 1.66. The van der Waals surface area contributed by atoms with Crippen LogP contribution in [0.25, 0.3) is 0 Å². The van der Waals surface area contributed by atoms with E-state index >= 15 is 0 Å². The molecule has 24 heavy (non-hydrogen) atoms. The van der Waals surface area contributed by atoms with Crippen molar-refractivity contribution in [2.75, 3.05) is 6.54 Å². The molecule has 2 aliphatic carbocycles. The van der Waals surface area contributed by atoms with Gasteiger partial charge in [0.05, 0.1) is 5.92 Å². The molecule has 0 fully saturated rings. The van der Waals surface area contributed by atoms with Crippen molar-refractivity contribution in [2.45, 2.75) is 71.3 Å². The van der Waals surface area contributed by atoms with Gasteiger partial charge >= 0.3 is 0 Å². The molecule has 0 spiro atoms. The van der Waals surface area contributed by atoms with Crippen molar-refractivity contribution in [3.8, 4) is 0 Å². The molecule has 2 aliphatic heterocycles. The van der Waals surface area contributed by atoms with E-state index < -0.39 is 0 Å². The number of allylic oxidation sites excluding steroid dienone is 4. The van der Waals surface area contributed by atoms with Crippen LogP contribution in [0.4, 0.5) is 0 Å². The van der Waals surface area contributed by atoms with Gasteiger partial charge in [-0.1, -0.05) is 32.3 Å². The summed E-state index contributed by atoms with van der Waals surface area (Å²) < 4.78 is 1.33. The van der Waals surface area contributed by atoms with Gasteiger partial charge in [0, 0.05) is 46.9 Å². The van der Waals surface area contributed by atoms with Crippen LogP contribution in [0.2, 0.25) is 0 Å². The molecule has 2 atom stereocenters. The summed E-state index contributed by atoms with van der Waals surface area (Å²) in [5.41, 5.74) is 8.32. The molecule has 0 amide bonds. The molecule has 3 nitrogen and oxygen atoms in total. The zero-order chi connectivity index (χ0) is 16.7. The number of nitrogens with one attached hydrogen (secondary N) is 1. The van der Waals surface area contributed by atoms with Crippen molar-refractivity contribution in [1.29, 1.82) is 0 Å². The van der Waals surface area contributed by atoms with Crippen LogP contribution >= 0.6 is 0 Å². The van der Waals surface area contributed by atoms with Gasteiger partial charge in [0.1, 0.15) is 0 Å². The Kier molecular flexibility index (Phi) is 4.19. The number of unbranched alkanes of at least 4 members (excludes halogenated alkanes) is 3. The third kappa shape index (κ3) is 2.49. The monoisotopic (exact) mass is 325 g/mol. The van der Waals surface area contributed by atoms with Gasteiger partial charge in [0.2, 0.25) is 11.7 Å². The van der Waals surface area contributed by atoms with Gasteiger partial charge in [-0.2, -0.15) is 0 Å². The van der Waals surface area contributed by atoms with E-state index in [1.54, 1.807) is 5.57 Å². The van der Waals surface area contributed by atoms with E-state index in [-0.39, 0.29) is 6.04 Å². The van der Waals surface area contributed by atoms with Crippen LogP contribution in [0.1, 0.15) is 65.2 Å². The Hall–Kier alpha value is -1.64. The lowest BCUT2D eigenvalue weighted by Gasteiger charge is -2.33. The first kappa shape index (κ1) is 15.9. The Labute approximate surface area is 145 Å². The fourth-order valence-corrected chi connectivity index (χ4v) is 5.02. The predicted molar refractivity (Wildman–Crippen MR) is 97.4 cm³/mol. The Morgan fingerprint density at radius 3 is 3.00 bits per heavy atom. The van der Waals surface area contributed by atoms with Gasteiger partial charge in [-0.15, -0.1) is 0 Å². The highest BCUT2D eigenvalue weighted by atomic mass is 16.3. The maximum absolute atomic E-state index is 12.8. The number of rotatable bonds is 5. The summed E-state index contributed by atoms with van der Waals surface area (Å²) in [5.74, 6) is 0.404. The first-order chi connectivity index (χ1) is 11.7. The molecule has 0 radical (unpaired) electrons. The number of fused-ring (bicyclic) bond motifs is 1. The van der Waals surface area contributed by atoms with Crippen LogP contribution in [0.3, 0.4) is 0 Å². The predicted octanol–water partition coefficient (Wildman–Crippen LogP) is 4.92. The van der Waals surface area contributed by atoms with Crippen LogP contribution in [-0.2, 0) is 0 Å². The number of nitroso groups, excluding NO2 is 1. The van der Waals surface area contributed by atoms with E-state index in [0.29, 0.717) is 5.92 Å². The highest BCUT2D eigenvalue weighted by Gasteiger charge is 2.46. The van der Waals surface area contributed by atoms with Gasteiger partial charge in [-0.3, -0.25) is 0 Å². The fraction of sp³-hybridized carbons (Fsp3) is 0.619. The summed E-state index contributed by atoms with van der Waals surface area (Å²) in [5, 5.41) is 3.58. The second kappa shape index (κ2) is 6.34. The van der Waals surface area contributed by atoms with Gasteiger partial charge in [-0.25, -0.2) is 0 Å². The fourth-order valence-electron chi connectivity index (χ4n) is 5.02. The van der Waals surface area contributed by atoms with Crippen molar-refractivity contribution in [1.82, 2.24) is 5.32 Å². The minimum atomic E-state index is 0.137. The van der Waals surface area contributed by atoms with E-state index in [1.165, 1.54) is 52.9 Å². The van der Waals surface area contributed by atoms with Gasteiger partial charge < -0.3 is 5.32 Å². The molecule has 0 aromatic rings. The minimum Gasteiger partial charge on any atom is -0.381 e. The van der Waals surface area contributed by atoms with Crippen molar-refractivity contribution in [3.63, 3.8) is 0 Å². The summed E-state index contributed by atoms with van der Waals surface area (Å²) in [7, 11) is 0. The van der Waals surface area contributed by atoms with Crippen molar-refractivity contribution < 1.29 is 4.76 Å². The Bertz CT molecular complexity index is 693. The van der Waals surface area contributed by atoms with E-state index in [9.17, 15) is 4.91 Å². The Morgan fingerprint density at radius 1 is 1.29 bits per heavy atom. The highest BCUT2D eigenvalue weighted by molar-refractivity contribution is 5.61. The first-order valence-corrected chi connectivity index (χ1v) is 9.75. The molecule has 0 aromatic heterocycles. The van der Waals surface area contributed by atoms with Gasteiger partial charge in [0.25, 0.3) is 0 Å². The third-order valence-corrected chi connectivity index (χ3v) is 6.21. The second-order valence-electron chi connectivity index (χ2n) is 7.76. The summed E-state index contributed by atoms with van der Waals surface area (Å²) in [4.78, 5) is 12.8. The van der Waals surface area contributed by atoms with Gasteiger partial charge in [0.15, 0.2) is 0 Å². The van der Waals surface area contributed by atoms with Crippen LogP contribution in [-0.4, -0.2) is 17.3 Å². The highest BCUT2D eigenvalue weighted by Crippen LogP contribution is 2.48. The molecule has 0 bridgehead atoms. The summed E-state index contributed by atoms with van der Waals surface area (Å²) in [6.07, 6.45) is 13.9. The lowest BCUT2D eigenvalue weighted by atomic mass is 9.70. The molecule has 0 aromatic carbocycles. The molecular weight excluding hydrogens is 296 g/mol. The van der Waals surface area contributed by atoms with E-state index in [2.05, 4.69) is 24.4 Å². The maximum Gasteiger partial charge on any atom is 0.230 e. The average molecular weight is 325 g/mol. The third-order valence-electron chi connectivity index (χ3n) is 6.21. The summed E-state index contributed by atoms with van der Waals surface area (Å²) >= 11 is 0. The molecule has 4 rings (SSSR count). The molecular formula is C21H29N2O+. The normalized spacial score (nSPS) is 28.3. The van der Waals surface area contributed by atoms with Gasteiger partial charge in [-0.05, 0) is 42.4 Å². The lowest BCUT2D eigenvalue weighted by molar-refractivity contribution is -0.551. The average Bonchev–Trinajstić information content (AvgIpc) is 3.00. The zero-order valence-corrected chi connectivity index (χ0v) is 15.0. The van der Waals surface area contributed by atoms with E-state index in [1.807, 2.05) is 6.92 Å². The largest absolute Gasteiger partial charge is 0.381 e. The molecule has 4 aliphatic rings. The van der Waals surface area contributed by atoms with E-state index in [0.717, 1.165) is 37.9 Å². The quantitative estimate of drug-likeness (QED) is 0.575. The maximum atomic E-state index is 12.8. The smallest absolute Gasteiger partial charge is 0.230 e. The van der Waals surface area contributed by atoms with Crippen LogP contribution in [0.15, 0.2) is 45.8 Å². The van der Waals surface area contributed by atoms with Crippen molar-refractivity contribution in [3.05, 3.63) is 50.7 Å². The number of nitrogens with zero attached hydrogens (tertiary/aromatic N) is 1. The Morgan fingerprint density at radius 2 is 2.17 bits per heavy atom. The molecule has 128 valence electrons. The second-order valence-corrected chi connectivity index (χ2v) is 7.76. The molecule has 1 N–H and O–H groups in total. The standard InChI is InChI=1S/C21H29N2O/c1-3-4-5-6-10-20-18-12-15-13-22-19-9-7-8-16(21(15)19)17(18)11-14(2)23(20)24/h9,11,18,20,22H,3-8,10,12-13H2,1-2H3/q+1. The molecule has 2 unspecified atom stereocenters. The number of hydrogen-bond acceptors (Lipinski definition) is 2. The molecule has 2 heterocycles. The molecule has 3 heteroatoms. The van der Waals surface area contributed by atoms with Crippen molar-refractivity contribution in [2.24, 2.45) is 5.92 Å². The van der Waals surface area contributed by atoms with Crippen LogP contribution < -0.4 is 5.32 Å². The van der Waals surface area contributed by atoms with Crippen LogP contribution in [0, 0.1) is 10.8 Å². The minimum absolute atomic E-state index is 0.137. The van der Waals surface area contributed by atoms with E-state index in [4.69, 9.17) is 0 Å². The summed E-state index contributed by atoms with van der Waals surface area (Å²) in [6, 6.07) is 0.137. The summed E-state index contributed by atoms with van der Waals surface area (Å²) in [6.45, 7) is 5.22. The molecule has 0 saturated heterocycles. The SMILES string of the molecule is CCCCCCC1C2CC3=C4C(=CCCC4=C2C=C(C)[N+]1=O)NC3. The topological polar surface area (TPSA) is 32.1 Å². The van der Waals surface area contributed by atoms with Crippen LogP contribution in [0.5, 0.6) is 0 Å². The lowest BCUT2D eigenvalue weighted by Crippen LogP contribution is -2.38. The van der Waals surface area contributed by atoms with Crippen molar-refractivity contribution >= 4 is 0 Å².